The summed E-state index contributed by atoms with van der Waals surface area (Å²) in [6, 6.07) is 5.67. The Kier molecular flexibility index (Phi) is 2.82. The lowest BCUT2D eigenvalue weighted by Gasteiger charge is -2.08. The van der Waals surface area contributed by atoms with Gasteiger partial charge in [-0.05, 0) is 30.3 Å². The number of nitrogens with two attached hydrogens (primary N) is 1. The molecule has 0 bridgehead atoms. The van der Waals surface area contributed by atoms with Gasteiger partial charge < -0.3 is 5.73 Å². The monoisotopic (exact) mass is 296 g/mol. The lowest BCUT2D eigenvalue weighted by atomic mass is 10.1. The van der Waals surface area contributed by atoms with Gasteiger partial charge in [0.05, 0.1) is 5.56 Å². The quantitative estimate of drug-likeness (QED) is 0.554. The van der Waals surface area contributed by atoms with Crippen molar-refractivity contribution in [3.05, 3.63) is 47.9 Å². The highest BCUT2D eigenvalue weighted by Crippen LogP contribution is 2.31. The number of nitrogen functional groups attached to an aromatic ring is 1. The molecule has 3 rings (SSSR count). The molecule has 4 nitrogen and oxygen atoms in total. The average molecular weight is 296 g/mol. The van der Waals surface area contributed by atoms with Crippen molar-refractivity contribution in [3.8, 4) is 11.4 Å². The van der Waals surface area contributed by atoms with Crippen LogP contribution >= 0.6 is 0 Å². The average Bonchev–Trinajstić information content (AvgIpc) is 2.83. The highest BCUT2D eigenvalue weighted by molar-refractivity contribution is 5.73. The molecule has 0 aliphatic carbocycles. The van der Waals surface area contributed by atoms with Crippen LogP contribution in [0.3, 0.4) is 0 Å². The van der Waals surface area contributed by atoms with Crippen molar-refractivity contribution >= 4 is 11.3 Å². The van der Waals surface area contributed by atoms with Gasteiger partial charge in [-0.3, -0.25) is 4.40 Å². The second-order valence-corrected chi connectivity index (χ2v) is 4.40. The summed E-state index contributed by atoms with van der Waals surface area (Å²) < 4.78 is 52.7. The first kappa shape index (κ1) is 13.3. The number of pyridine rings is 1. The topological polar surface area (TPSA) is 56.2 Å². The third-order valence-electron chi connectivity index (χ3n) is 2.99. The molecule has 0 aliphatic heterocycles. The maximum absolute atomic E-state index is 13.3. The summed E-state index contributed by atoms with van der Waals surface area (Å²) in [4.78, 5) is 0. The fourth-order valence-corrected chi connectivity index (χ4v) is 1.96. The molecule has 0 aliphatic rings. The van der Waals surface area contributed by atoms with E-state index in [-0.39, 0.29) is 22.7 Å². The van der Waals surface area contributed by atoms with Gasteiger partial charge in [0, 0.05) is 17.4 Å². The predicted octanol–water partition coefficient (Wildman–Crippen LogP) is 3.14. The second-order valence-electron chi connectivity index (χ2n) is 4.40. The van der Waals surface area contributed by atoms with Crippen LogP contribution in [-0.4, -0.2) is 14.6 Å². The molecule has 8 heteroatoms. The fourth-order valence-electron chi connectivity index (χ4n) is 1.96. The maximum atomic E-state index is 13.3. The number of hydrogen-bond acceptors (Lipinski definition) is 3. The Morgan fingerprint density at radius 2 is 1.81 bits per heavy atom. The van der Waals surface area contributed by atoms with Crippen molar-refractivity contribution in [2.75, 3.05) is 5.73 Å². The minimum Gasteiger partial charge on any atom is -0.398 e. The highest BCUT2D eigenvalue weighted by Gasteiger charge is 2.31. The van der Waals surface area contributed by atoms with Gasteiger partial charge in [0.1, 0.15) is 5.82 Å². The standard InChI is InChI=1S/C13H8F4N4/c14-8-2-3-10(18)9(5-8)12-20-19-11-4-1-7(6-21(11)12)13(15,16)17/h1-6H,18H2. The SMILES string of the molecule is Nc1ccc(F)cc1-c1nnc2ccc(C(F)(F)F)cn12. The highest BCUT2D eigenvalue weighted by atomic mass is 19.4. The molecule has 0 unspecified atom stereocenters. The van der Waals surface area contributed by atoms with Crippen molar-refractivity contribution in [2.45, 2.75) is 6.18 Å². The summed E-state index contributed by atoms with van der Waals surface area (Å²) in [5.41, 5.74) is 5.46. The van der Waals surface area contributed by atoms with Gasteiger partial charge in [0.15, 0.2) is 11.5 Å². The van der Waals surface area contributed by atoms with E-state index < -0.39 is 17.6 Å². The van der Waals surface area contributed by atoms with E-state index in [4.69, 9.17) is 5.73 Å². The molecule has 2 heterocycles. The molecular formula is C13H8F4N4. The van der Waals surface area contributed by atoms with Crippen LogP contribution in [-0.2, 0) is 6.18 Å². The third-order valence-corrected chi connectivity index (χ3v) is 2.99. The number of hydrogen-bond donors (Lipinski definition) is 1. The molecule has 3 aromatic rings. The van der Waals surface area contributed by atoms with E-state index in [0.717, 1.165) is 28.8 Å². The molecule has 2 aromatic heterocycles. The van der Waals surface area contributed by atoms with Gasteiger partial charge in [-0.2, -0.15) is 13.2 Å². The van der Waals surface area contributed by atoms with Crippen molar-refractivity contribution in [1.82, 2.24) is 14.6 Å². The number of fused-ring (bicyclic) bond motifs is 1. The van der Waals surface area contributed by atoms with Crippen LogP contribution in [0.5, 0.6) is 0 Å². The van der Waals surface area contributed by atoms with E-state index in [1.807, 2.05) is 0 Å². The van der Waals surface area contributed by atoms with Gasteiger partial charge in [-0.25, -0.2) is 4.39 Å². The molecule has 0 atom stereocenters. The summed E-state index contributed by atoms with van der Waals surface area (Å²) in [7, 11) is 0. The first-order valence-electron chi connectivity index (χ1n) is 5.83. The lowest BCUT2D eigenvalue weighted by Crippen LogP contribution is -2.06. The minimum atomic E-state index is -4.50. The Bertz CT molecular complexity index is 823. The molecule has 0 saturated carbocycles. The van der Waals surface area contributed by atoms with Crippen molar-refractivity contribution in [1.29, 1.82) is 0 Å². The van der Waals surface area contributed by atoms with Crippen LogP contribution < -0.4 is 5.73 Å². The maximum Gasteiger partial charge on any atom is 0.417 e. The summed E-state index contributed by atoms with van der Waals surface area (Å²) >= 11 is 0. The van der Waals surface area contributed by atoms with Crippen LogP contribution in [0.15, 0.2) is 36.5 Å². The zero-order valence-electron chi connectivity index (χ0n) is 10.4. The summed E-state index contributed by atoms with van der Waals surface area (Å²) in [5, 5.41) is 7.55. The Balaban J connectivity index is 2.26. The molecule has 2 N–H and O–H groups in total. The zero-order chi connectivity index (χ0) is 15.2. The van der Waals surface area contributed by atoms with Crippen LogP contribution in [0.2, 0.25) is 0 Å². The molecule has 0 fully saturated rings. The molecular weight excluding hydrogens is 288 g/mol. The van der Waals surface area contributed by atoms with Crippen molar-refractivity contribution in [3.63, 3.8) is 0 Å². The fraction of sp³-hybridized carbons (Fsp3) is 0.0769. The van der Waals surface area contributed by atoms with Crippen LogP contribution in [0.1, 0.15) is 5.56 Å². The van der Waals surface area contributed by atoms with E-state index in [0.29, 0.717) is 0 Å². The molecule has 0 spiro atoms. The first-order valence-corrected chi connectivity index (χ1v) is 5.83. The Hall–Kier alpha value is -2.64. The molecule has 108 valence electrons. The van der Waals surface area contributed by atoms with E-state index in [9.17, 15) is 17.6 Å². The predicted molar refractivity (Wildman–Crippen MR) is 67.8 cm³/mol. The van der Waals surface area contributed by atoms with Crippen molar-refractivity contribution in [2.24, 2.45) is 0 Å². The second kappa shape index (κ2) is 4.44. The number of benzene rings is 1. The smallest absolute Gasteiger partial charge is 0.398 e. The van der Waals surface area contributed by atoms with Gasteiger partial charge >= 0.3 is 6.18 Å². The number of halogens is 4. The van der Waals surface area contributed by atoms with Crippen LogP contribution in [0.25, 0.3) is 17.0 Å². The van der Waals surface area contributed by atoms with Crippen LogP contribution in [0.4, 0.5) is 23.2 Å². The number of nitrogens with zero attached hydrogens (tertiary/aromatic N) is 3. The lowest BCUT2D eigenvalue weighted by molar-refractivity contribution is -0.137. The Labute approximate surface area is 115 Å². The molecule has 21 heavy (non-hydrogen) atoms. The van der Waals surface area contributed by atoms with E-state index >= 15 is 0 Å². The molecule has 0 saturated heterocycles. The molecule has 0 radical (unpaired) electrons. The largest absolute Gasteiger partial charge is 0.417 e. The Morgan fingerprint density at radius 3 is 2.52 bits per heavy atom. The summed E-state index contributed by atoms with van der Waals surface area (Å²) in [6.07, 6.45) is -3.64. The molecule has 0 amide bonds. The first-order chi connectivity index (χ1) is 9.86. The zero-order valence-corrected chi connectivity index (χ0v) is 10.4. The summed E-state index contributed by atoms with van der Waals surface area (Å²) in [6.45, 7) is 0. The normalized spacial score (nSPS) is 12.0. The number of anilines is 1. The van der Waals surface area contributed by atoms with Crippen LogP contribution in [0, 0.1) is 5.82 Å². The number of alkyl halides is 3. The van der Waals surface area contributed by atoms with Crippen molar-refractivity contribution < 1.29 is 17.6 Å². The Morgan fingerprint density at radius 1 is 1.05 bits per heavy atom. The van der Waals surface area contributed by atoms with E-state index in [1.165, 1.54) is 12.1 Å². The number of aromatic nitrogens is 3. The molecule has 1 aromatic carbocycles. The van der Waals surface area contributed by atoms with Gasteiger partial charge in [-0.15, -0.1) is 10.2 Å². The number of rotatable bonds is 1. The third kappa shape index (κ3) is 2.28. The minimum absolute atomic E-state index is 0.0492. The summed E-state index contributed by atoms with van der Waals surface area (Å²) in [5.74, 6) is -0.518. The van der Waals surface area contributed by atoms with Gasteiger partial charge in [0.25, 0.3) is 0 Å². The van der Waals surface area contributed by atoms with Gasteiger partial charge in [0.2, 0.25) is 0 Å². The van der Waals surface area contributed by atoms with E-state index in [1.54, 1.807) is 0 Å². The van der Waals surface area contributed by atoms with E-state index in [2.05, 4.69) is 10.2 Å². The van der Waals surface area contributed by atoms with Gasteiger partial charge in [-0.1, -0.05) is 0 Å².